The highest BCUT2D eigenvalue weighted by Crippen LogP contribution is 2.12. The highest BCUT2D eigenvalue weighted by molar-refractivity contribution is 5.96. The van der Waals surface area contributed by atoms with E-state index in [4.69, 9.17) is 5.73 Å². The van der Waals surface area contributed by atoms with Crippen LogP contribution in [0.5, 0.6) is 0 Å². The molecule has 0 spiro atoms. The van der Waals surface area contributed by atoms with Gasteiger partial charge >= 0.3 is 0 Å². The Morgan fingerprint density at radius 3 is 2.62 bits per heavy atom. The summed E-state index contributed by atoms with van der Waals surface area (Å²) in [6.07, 6.45) is 0. The summed E-state index contributed by atoms with van der Waals surface area (Å²) < 4.78 is 14.6. The summed E-state index contributed by atoms with van der Waals surface area (Å²) in [4.78, 5) is 12.2. The maximum Gasteiger partial charge on any atom is 0.275 e. The lowest BCUT2D eigenvalue weighted by molar-refractivity contribution is 0.0946. The fourth-order valence-corrected chi connectivity index (χ4v) is 2.27. The molecule has 0 fully saturated rings. The van der Waals surface area contributed by atoms with Crippen LogP contribution in [0.3, 0.4) is 0 Å². The molecule has 24 heavy (non-hydrogen) atoms. The summed E-state index contributed by atoms with van der Waals surface area (Å²) in [6.45, 7) is 0.610. The molecule has 0 bridgehead atoms. The molecule has 122 valence electrons. The van der Waals surface area contributed by atoms with Crippen molar-refractivity contribution in [1.29, 1.82) is 0 Å². The molecule has 0 saturated heterocycles. The third-order valence-corrected chi connectivity index (χ3v) is 3.51. The third kappa shape index (κ3) is 3.57. The maximum atomic E-state index is 13.2. The molecule has 3 N–H and O–H groups in total. The van der Waals surface area contributed by atoms with Gasteiger partial charge in [0.05, 0.1) is 6.54 Å². The molecule has 3 rings (SSSR count). The number of nitrogens with one attached hydrogen (secondary N) is 1. The van der Waals surface area contributed by atoms with Crippen LogP contribution in [0.1, 0.15) is 21.6 Å². The van der Waals surface area contributed by atoms with Crippen LogP contribution in [0.2, 0.25) is 0 Å². The zero-order valence-corrected chi connectivity index (χ0v) is 12.8. The van der Waals surface area contributed by atoms with Crippen LogP contribution in [0.15, 0.2) is 54.6 Å². The van der Waals surface area contributed by atoms with Crippen molar-refractivity contribution < 1.29 is 9.18 Å². The number of rotatable bonds is 5. The topological polar surface area (TPSA) is 85.8 Å². The molecule has 0 atom stereocenters. The minimum atomic E-state index is -0.401. The Morgan fingerprint density at radius 2 is 1.88 bits per heavy atom. The van der Waals surface area contributed by atoms with E-state index in [0.717, 1.165) is 5.56 Å². The van der Waals surface area contributed by atoms with Crippen LogP contribution < -0.4 is 11.1 Å². The van der Waals surface area contributed by atoms with Crippen molar-refractivity contribution in [1.82, 2.24) is 20.3 Å². The molecule has 3 aromatic rings. The molecule has 0 aliphatic carbocycles. The van der Waals surface area contributed by atoms with Gasteiger partial charge in [-0.2, -0.15) is 0 Å². The number of benzene rings is 2. The number of halogens is 1. The van der Waals surface area contributed by atoms with Gasteiger partial charge in [-0.15, -0.1) is 5.10 Å². The molecular weight excluding hydrogens is 309 g/mol. The number of hydrogen-bond donors (Lipinski definition) is 2. The second-order valence-electron chi connectivity index (χ2n) is 5.28. The number of hydrogen-bond acceptors (Lipinski definition) is 4. The van der Waals surface area contributed by atoms with Crippen molar-refractivity contribution in [3.63, 3.8) is 0 Å². The Labute approximate surface area is 138 Å². The summed E-state index contributed by atoms with van der Waals surface area (Å²) in [5.74, 6) is -0.598. The molecule has 2 aromatic carbocycles. The molecule has 0 aliphatic rings. The van der Waals surface area contributed by atoms with Gasteiger partial charge in [-0.3, -0.25) is 4.79 Å². The first-order valence-electron chi connectivity index (χ1n) is 7.39. The number of nitrogen functional groups attached to an aromatic ring is 1. The van der Waals surface area contributed by atoms with E-state index in [2.05, 4.69) is 15.6 Å². The van der Waals surface area contributed by atoms with E-state index in [1.807, 2.05) is 30.3 Å². The van der Waals surface area contributed by atoms with Gasteiger partial charge in [0.1, 0.15) is 5.82 Å². The van der Waals surface area contributed by atoms with Gasteiger partial charge in [0.25, 0.3) is 5.91 Å². The summed E-state index contributed by atoms with van der Waals surface area (Å²) >= 11 is 0. The van der Waals surface area contributed by atoms with Crippen LogP contribution >= 0.6 is 0 Å². The predicted molar refractivity (Wildman–Crippen MR) is 87.5 cm³/mol. The summed E-state index contributed by atoms with van der Waals surface area (Å²) in [6, 6.07) is 15.6. The van der Waals surface area contributed by atoms with E-state index < -0.39 is 5.91 Å². The van der Waals surface area contributed by atoms with Crippen LogP contribution in [-0.2, 0) is 13.1 Å². The SMILES string of the molecule is Nc1c(C(=O)NCc2ccccc2)nnn1Cc1cccc(F)c1. The monoisotopic (exact) mass is 325 g/mol. The molecule has 1 aromatic heterocycles. The van der Waals surface area contributed by atoms with Crippen LogP contribution in [0, 0.1) is 5.82 Å². The number of nitrogens with zero attached hydrogens (tertiary/aromatic N) is 3. The van der Waals surface area contributed by atoms with E-state index in [1.54, 1.807) is 12.1 Å². The lowest BCUT2D eigenvalue weighted by atomic mass is 10.2. The number of carbonyl (C=O) groups excluding carboxylic acids is 1. The Hall–Kier alpha value is -3.22. The third-order valence-electron chi connectivity index (χ3n) is 3.51. The Balaban J connectivity index is 1.69. The van der Waals surface area contributed by atoms with Crippen molar-refractivity contribution in [2.75, 3.05) is 5.73 Å². The average Bonchev–Trinajstić information content (AvgIpc) is 2.94. The molecule has 0 saturated carbocycles. The summed E-state index contributed by atoms with van der Waals surface area (Å²) in [5.41, 5.74) is 7.65. The van der Waals surface area contributed by atoms with Gasteiger partial charge in [-0.05, 0) is 23.3 Å². The van der Waals surface area contributed by atoms with Crippen LogP contribution in [0.25, 0.3) is 0 Å². The lowest BCUT2D eigenvalue weighted by Crippen LogP contribution is -2.24. The second kappa shape index (κ2) is 6.91. The first-order chi connectivity index (χ1) is 11.6. The fraction of sp³-hybridized carbons (Fsp3) is 0.118. The van der Waals surface area contributed by atoms with Gasteiger partial charge in [0, 0.05) is 6.54 Å². The molecule has 1 heterocycles. The lowest BCUT2D eigenvalue weighted by Gasteiger charge is -2.05. The summed E-state index contributed by atoms with van der Waals surface area (Å²) in [5, 5.41) is 10.5. The highest BCUT2D eigenvalue weighted by atomic mass is 19.1. The van der Waals surface area contributed by atoms with Gasteiger partial charge in [-0.1, -0.05) is 47.7 Å². The molecule has 1 amide bonds. The van der Waals surface area contributed by atoms with Crippen molar-refractivity contribution in [3.05, 3.63) is 77.2 Å². The van der Waals surface area contributed by atoms with Gasteiger partial charge < -0.3 is 11.1 Å². The van der Waals surface area contributed by atoms with Crippen molar-refractivity contribution in [2.24, 2.45) is 0 Å². The van der Waals surface area contributed by atoms with E-state index in [1.165, 1.54) is 16.8 Å². The van der Waals surface area contributed by atoms with Crippen molar-refractivity contribution in [3.8, 4) is 0 Å². The quantitative estimate of drug-likeness (QED) is 0.751. The first kappa shape index (κ1) is 15.7. The van der Waals surface area contributed by atoms with Crippen molar-refractivity contribution in [2.45, 2.75) is 13.1 Å². The maximum absolute atomic E-state index is 13.2. The zero-order valence-electron chi connectivity index (χ0n) is 12.8. The Bertz CT molecular complexity index is 847. The van der Waals surface area contributed by atoms with E-state index in [9.17, 15) is 9.18 Å². The van der Waals surface area contributed by atoms with E-state index in [0.29, 0.717) is 12.1 Å². The minimum absolute atomic E-state index is 0.0577. The number of aromatic nitrogens is 3. The van der Waals surface area contributed by atoms with Crippen molar-refractivity contribution >= 4 is 11.7 Å². The minimum Gasteiger partial charge on any atom is -0.382 e. The zero-order chi connectivity index (χ0) is 16.9. The van der Waals surface area contributed by atoms with Gasteiger partial charge in [0.2, 0.25) is 0 Å². The highest BCUT2D eigenvalue weighted by Gasteiger charge is 2.17. The average molecular weight is 325 g/mol. The first-order valence-corrected chi connectivity index (χ1v) is 7.39. The standard InChI is InChI=1S/C17H16FN5O/c18-14-8-4-7-13(9-14)11-23-16(19)15(21-22-23)17(24)20-10-12-5-2-1-3-6-12/h1-9H,10-11,19H2,(H,20,24). The fourth-order valence-electron chi connectivity index (χ4n) is 2.27. The molecule has 0 radical (unpaired) electrons. The number of amides is 1. The number of anilines is 1. The molecule has 0 unspecified atom stereocenters. The Kier molecular flexibility index (Phi) is 4.51. The van der Waals surface area contributed by atoms with Crippen LogP contribution in [0.4, 0.5) is 10.2 Å². The van der Waals surface area contributed by atoms with Gasteiger partial charge in [-0.25, -0.2) is 9.07 Å². The normalized spacial score (nSPS) is 10.5. The van der Waals surface area contributed by atoms with Gasteiger partial charge in [0.15, 0.2) is 11.5 Å². The van der Waals surface area contributed by atoms with Crippen LogP contribution in [-0.4, -0.2) is 20.9 Å². The largest absolute Gasteiger partial charge is 0.382 e. The van der Waals surface area contributed by atoms with E-state index in [-0.39, 0.29) is 23.9 Å². The molecule has 6 nitrogen and oxygen atoms in total. The Morgan fingerprint density at radius 1 is 1.12 bits per heavy atom. The molecule has 0 aliphatic heterocycles. The molecule has 7 heteroatoms. The second-order valence-corrected chi connectivity index (χ2v) is 5.28. The number of nitrogens with two attached hydrogens (primary N) is 1. The smallest absolute Gasteiger partial charge is 0.275 e. The predicted octanol–water partition coefficient (Wildman–Crippen LogP) is 1.98. The summed E-state index contributed by atoms with van der Waals surface area (Å²) in [7, 11) is 0. The molecular formula is C17H16FN5O. The van der Waals surface area contributed by atoms with E-state index >= 15 is 0 Å². The number of carbonyl (C=O) groups is 1.